The third kappa shape index (κ3) is 4.26. The van der Waals surface area contributed by atoms with E-state index in [9.17, 15) is 14.4 Å². The van der Waals surface area contributed by atoms with Gasteiger partial charge in [-0.25, -0.2) is 9.78 Å². The Morgan fingerprint density at radius 2 is 2.03 bits per heavy atom. The molecule has 0 radical (unpaired) electrons. The number of amides is 1. The van der Waals surface area contributed by atoms with Gasteiger partial charge in [-0.05, 0) is 12.0 Å². The highest BCUT2D eigenvalue weighted by Crippen LogP contribution is 2.36. The van der Waals surface area contributed by atoms with E-state index in [1.165, 1.54) is 23.9 Å². The Kier molecular flexibility index (Phi) is 5.64. The number of fused-ring (bicyclic) bond motifs is 1. The number of hydrogen-bond donors (Lipinski definition) is 1. The topological polar surface area (TPSA) is 111 Å². The fraction of sp³-hybridized carbons (Fsp3) is 0.500. The third-order valence-electron chi connectivity index (χ3n) is 4.85. The summed E-state index contributed by atoms with van der Waals surface area (Å²) in [6.07, 6.45) is 8.47. The number of nitrogens with one attached hydrogen (secondary N) is 1. The zero-order valence-electron chi connectivity index (χ0n) is 16.8. The van der Waals surface area contributed by atoms with Crippen LogP contribution in [-0.2, 0) is 13.6 Å². The van der Waals surface area contributed by atoms with E-state index in [-0.39, 0.29) is 28.4 Å². The summed E-state index contributed by atoms with van der Waals surface area (Å²) in [5.41, 5.74) is -0.825. The first-order chi connectivity index (χ1) is 13.8. The van der Waals surface area contributed by atoms with Gasteiger partial charge in [0.25, 0.3) is 11.5 Å². The van der Waals surface area contributed by atoms with Crippen molar-refractivity contribution in [2.45, 2.75) is 45.3 Å². The van der Waals surface area contributed by atoms with Gasteiger partial charge in [-0.2, -0.15) is 10.2 Å². The molecule has 0 unspecified atom stereocenters. The van der Waals surface area contributed by atoms with Crippen molar-refractivity contribution in [3.05, 3.63) is 38.7 Å². The van der Waals surface area contributed by atoms with Crippen molar-refractivity contribution in [3.63, 3.8) is 0 Å². The Hall–Kier alpha value is -3.28. The Morgan fingerprint density at radius 1 is 1.31 bits per heavy atom. The zero-order chi connectivity index (χ0) is 21.2. The molecule has 0 bridgehead atoms. The minimum absolute atomic E-state index is 0.193. The molecule has 2 aromatic rings. The Balaban J connectivity index is 1.80. The van der Waals surface area contributed by atoms with Crippen molar-refractivity contribution in [2.75, 3.05) is 6.54 Å². The summed E-state index contributed by atoms with van der Waals surface area (Å²) >= 11 is 0. The fourth-order valence-corrected chi connectivity index (χ4v) is 3.17. The van der Waals surface area contributed by atoms with Crippen LogP contribution in [0.3, 0.4) is 0 Å². The molecule has 1 aliphatic rings. The number of rotatable bonds is 8. The molecule has 2 aromatic heterocycles. The molecule has 0 fully saturated rings. The van der Waals surface area contributed by atoms with E-state index in [1.807, 2.05) is 13.8 Å². The number of nitrogens with zero attached hydrogens (tertiary/aromatic N) is 5. The number of aromatic nitrogens is 3. The van der Waals surface area contributed by atoms with Gasteiger partial charge in [-0.1, -0.05) is 13.8 Å². The smallest absolute Gasteiger partial charge is 0.332 e. The molecule has 9 nitrogen and oxygen atoms in total. The molecule has 1 N–H and O–H groups in total. The maximum Gasteiger partial charge on any atom is 0.332 e. The van der Waals surface area contributed by atoms with E-state index in [2.05, 4.69) is 26.4 Å². The van der Waals surface area contributed by atoms with Crippen LogP contribution < -0.4 is 16.6 Å². The highest BCUT2D eigenvalue weighted by atomic mass is 16.2. The average Bonchev–Trinajstić information content (AvgIpc) is 3.47. The second-order valence-electron chi connectivity index (χ2n) is 7.64. The van der Waals surface area contributed by atoms with Gasteiger partial charge in [-0.3, -0.25) is 18.7 Å². The summed E-state index contributed by atoms with van der Waals surface area (Å²) in [4.78, 5) is 41.8. The van der Waals surface area contributed by atoms with Crippen molar-refractivity contribution in [2.24, 2.45) is 23.2 Å². The molecular weight excluding hydrogens is 372 g/mol. The van der Waals surface area contributed by atoms with Crippen LogP contribution in [-0.4, -0.2) is 32.2 Å². The Bertz CT molecular complexity index is 1130. The number of pyridine rings is 1. The molecular formula is C20H24N6O3. The normalized spacial score (nSPS) is 14.2. The molecule has 0 spiro atoms. The fourth-order valence-electron chi connectivity index (χ4n) is 3.17. The molecule has 29 heavy (non-hydrogen) atoms. The Morgan fingerprint density at radius 3 is 2.66 bits per heavy atom. The lowest BCUT2D eigenvalue weighted by molar-refractivity contribution is 0.0951. The first-order valence-corrected chi connectivity index (χ1v) is 9.53. The molecule has 0 atom stereocenters. The maximum absolute atomic E-state index is 12.6. The van der Waals surface area contributed by atoms with E-state index in [0.717, 1.165) is 4.57 Å². The second-order valence-corrected chi connectivity index (χ2v) is 7.64. The zero-order valence-corrected chi connectivity index (χ0v) is 16.8. The van der Waals surface area contributed by atoms with Crippen LogP contribution in [0.15, 0.2) is 32.1 Å². The molecule has 1 amide bonds. The summed E-state index contributed by atoms with van der Waals surface area (Å²) in [7, 11) is 1.42. The summed E-state index contributed by atoms with van der Waals surface area (Å²) < 4.78 is 2.51. The van der Waals surface area contributed by atoms with Crippen molar-refractivity contribution < 1.29 is 4.79 Å². The van der Waals surface area contributed by atoms with Crippen LogP contribution in [0.5, 0.6) is 0 Å². The van der Waals surface area contributed by atoms with Crippen molar-refractivity contribution in [1.82, 2.24) is 19.4 Å². The first-order valence-electron chi connectivity index (χ1n) is 9.53. The average molecular weight is 396 g/mol. The lowest BCUT2D eigenvalue weighted by Crippen LogP contribution is -2.39. The van der Waals surface area contributed by atoms with Gasteiger partial charge >= 0.3 is 5.69 Å². The predicted molar refractivity (Wildman–Crippen MR) is 109 cm³/mol. The van der Waals surface area contributed by atoms with Crippen LogP contribution in [0.4, 0.5) is 0 Å². The van der Waals surface area contributed by atoms with E-state index < -0.39 is 16.9 Å². The van der Waals surface area contributed by atoms with Crippen LogP contribution in [0, 0.1) is 18.3 Å². The van der Waals surface area contributed by atoms with Crippen LogP contribution in [0.2, 0.25) is 0 Å². The largest absolute Gasteiger partial charge is 0.352 e. The highest BCUT2D eigenvalue weighted by molar-refractivity contribution is 5.96. The van der Waals surface area contributed by atoms with E-state index in [4.69, 9.17) is 6.42 Å². The molecule has 0 saturated carbocycles. The van der Waals surface area contributed by atoms with E-state index in [0.29, 0.717) is 32.4 Å². The number of hydrogen-bond acceptors (Lipinski definition) is 6. The van der Waals surface area contributed by atoms with Gasteiger partial charge in [0.05, 0.1) is 10.9 Å². The highest BCUT2D eigenvalue weighted by Gasteiger charge is 2.38. The molecule has 1 aliphatic heterocycles. The third-order valence-corrected chi connectivity index (χ3v) is 4.85. The second kappa shape index (κ2) is 7.99. The monoisotopic (exact) mass is 396 g/mol. The summed E-state index contributed by atoms with van der Waals surface area (Å²) in [5, 5.41) is 11.1. The quantitative estimate of drug-likeness (QED) is 0.681. The lowest BCUT2D eigenvalue weighted by Gasteiger charge is -2.14. The van der Waals surface area contributed by atoms with Crippen molar-refractivity contribution >= 4 is 16.9 Å². The predicted octanol–water partition coefficient (Wildman–Crippen LogP) is 1.45. The van der Waals surface area contributed by atoms with Crippen molar-refractivity contribution in [3.8, 4) is 12.3 Å². The first kappa shape index (κ1) is 20.5. The maximum atomic E-state index is 12.6. The van der Waals surface area contributed by atoms with Gasteiger partial charge in [0.1, 0.15) is 5.65 Å². The molecule has 3 rings (SSSR count). The molecule has 0 saturated heterocycles. The molecule has 9 heteroatoms. The lowest BCUT2D eigenvalue weighted by atomic mass is 10.0. The SMILES string of the molecule is C#CCCC1(CCNC(=O)c2cnc3c(c2)c(=O)n(C)c(=O)n3CC(C)C)N=N1. The minimum Gasteiger partial charge on any atom is -0.352 e. The van der Waals surface area contributed by atoms with Gasteiger partial charge in [0.15, 0.2) is 5.66 Å². The van der Waals surface area contributed by atoms with Gasteiger partial charge in [0, 0.05) is 45.6 Å². The van der Waals surface area contributed by atoms with Gasteiger partial charge in [-0.15, -0.1) is 12.3 Å². The van der Waals surface area contributed by atoms with E-state index >= 15 is 0 Å². The number of carbonyl (C=O) groups is 1. The Labute approximate surface area is 167 Å². The molecule has 0 aromatic carbocycles. The summed E-state index contributed by atoms with van der Waals surface area (Å²) in [6.45, 7) is 4.74. The minimum atomic E-state index is -0.476. The van der Waals surface area contributed by atoms with Crippen LogP contribution >= 0.6 is 0 Å². The van der Waals surface area contributed by atoms with Gasteiger partial charge in [0.2, 0.25) is 0 Å². The van der Waals surface area contributed by atoms with Gasteiger partial charge < -0.3 is 5.32 Å². The molecule has 0 aliphatic carbocycles. The molecule has 3 heterocycles. The molecule has 152 valence electrons. The number of carbonyl (C=O) groups excluding carboxylic acids is 1. The van der Waals surface area contributed by atoms with Crippen LogP contribution in [0.25, 0.3) is 11.0 Å². The summed E-state index contributed by atoms with van der Waals surface area (Å²) in [6, 6.07) is 1.48. The summed E-state index contributed by atoms with van der Waals surface area (Å²) in [5.74, 6) is 2.41. The standard InChI is InChI=1S/C20H24N6O3/c1-5-6-7-20(23-24-20)8-9-21-17(27)14-10-15-16(22-11-14)26(12-13(2)3)19(29)25(4)18(15)28/h1,10-11,13H,6-9,12H2,2-4H3,(H,21,27). The van der Waals surface area contributed by atoms with Crippen molar-refractivity contribution in [1.29, 1.82) is 0 Å². The van der Waals surface area contributed by atoms with E-state index in [1.54, 1.807) is 0 Å². The number of terminal acetylenes is 1. The van der Waals surface area contributed by atoms with Crippen LogP contribution in [0.1, 0.15) is 43.5 Å².